The van der Waals surface area contributed by atoms with Crippen molar-refractivity contribution in [3.63, 3.8) is 0 Å². The Balaban J connectivity index is 1.59. The Morgan fingerprint density at radius 1 is 0.900 bits per heavy atom. The molecule has 1 heterocycles. The minimum absolute atomic E-state index is 0.106. The van der Waals surface area contributed by atoms with Gasteiger partial charge in [0.15, 0.2) is 0 Å². The molecule has 0 aliphatic heterocycles. The Hall–Kier alpha value is -3.66. The number of carbonyl (C=O) groups is 1. The van der Waals surface area contributed by atoms with Gasteiger partial charge in [0.1, 0.15) is 11.3 Å². The molecule has 0 spiro atoms. The Morgan fingerprint density at radius 2 is 1.53 bits per heavy atom. The molecular formula is C26H22O4. The zero-order valence-electron chi connectivity index (χ0n) is 16.7. The second kappa shape index (κ2) is 8.78. The molecule has 4 nitrogen and oxygen atoms in total. The van der Waals surface area contributed by atoms with Crippen molar-refractivity contribution in [3.8, 4) is 5.75 Å². The molecule has 3 aromatic carbocycles. The minimum Gasteiger partial charge on any atom is -0.426 e. The van der Waals surface area contributed by atoms with Crippen molar-refractivity contribution in [2.75, 3.05) is 0 Å². The normalized spacial score (nSPS) is 11.0. The van der Waals surface area contributed by atoms with Crippen molar-refractivity contribution < 1.29 is 13.9 Å². The average molecular weight is 398 g/mol. The number of fused-ring (bicyclic) bond motifs is 1. The van der Waals surface area contributed by atoms with Crippen molar-refractivity contribution in [3.05, 3.63) is 112 Å². The summed E-state index contributed by atoms with van der Waals surface area (Å²) in [7, 11) is 0. The summed E-state index contributed by atoms with van der Waals surface area (Å²) in [5.41, 5.74) is 3.03. The summed E-state index contributed by atoms with van der Waals surface area (Å²) in [6.07, 6.45) is 0.919. The summed E-state index contributed by atoms with van der Waals surface area (Å²) in [6, 6.07) is 26.5. The summed E-state index contributed by atoms with van der Waals surface area (Å²) >= 11 is 0. The standard InChI is InChI=1S/C26H22O4/c1-2-18-15-25(27)30-24-16-21(13-14-22(18)24)29-26(28)17-23(19-9-5-3-6-10-19)20-11-7-4-8-12-20/h3-16,23H,2,17H2,1H3. The van der Waals surface area contributed by atoms with E-state index in [4.69, 9.17) is 9.15 Å². The number of hydrogen-bond donors (Lipinski definition) is 0. The quantitative estimate of drug-likeness (QED) is 0.245. The van der Waals surface area contributed by atoms with Crippen molar-refractivity contribution in [1.29, 1.82) is 0 Å². The maximum absolute atomic E-state index is 12.8. The molecule has 4 heteroatoms. The van der Waals surface area contributed by atoms with Gasteiger partial charge < -0.3 is 9.15 Å². The molecule has 0 N–H and O–H groups in total. The van der Waals surface area contributed by atoms with E-state index in [2.05, 4.69) is 0 Å². The van der Waals surface area contributed by atoms with Gasteiger partial charge in [-0.3, -0.25) is 4.79 Å². The Morgan fingerprint density at radius 3 is 2.13 bits per heavy atom. The van der Waals surface area contributed by atoms with E-state index in [0.717, 1.165) is 28.5 Å². The monoisotopic (exact) mass is 398 g/mol. The lowest BCUT2D eigenvalue weighted by atomic mass is 9.88. The van der Waals surface area contributed by atoms with E-state index in [0.29, 0.717) is 11.3 Å². The largest absolute Gasteiger partial charge is 0.426 e. The number of benzene rings is 3. The lowest BCUT2D eigenvalue weighted by molar-refractivity contribution is -0.134. The SMILES string of the molecule is CCc1cc(=O)oc2cc(OC(=O)CC(c3ccccc3)c3ccccc3)ccc12. The first-order valence-electron chi connectivity index (χ1n) is 10.0. The second-order valence-electron chi connectivity index (χ2n) is 7.15. The molecule has 4 rings (SSSR count). The first kappa shape index (κ1) is 19.6. The fourth-order valence-electron chi connectivity index (χ4n) is 3.70. The smallest absolute Gasteiger partial charge is 0.336 e. The summed E-state index contributed by atoms with van der Waals surface area (Å²) in [6.45, 7) is 1.98. The van der Waals surface area contributed by atoms with E-state index in [1.165, 1.54) is 6.07 Å². The summed E-state index contributed by atoms with van der Waals surface area (Å²) in [4.78, 5) is 24.6. The van der Waals surface area contributed by atoms with Crippen LogP contribution in [-0.4, -0.2) is 5.97 Å². The number of hydrogen-bond acceptors (Lipinski definition) is 4. The van der Waals surface area contributed by atoms with Crippen LogP contribution in [0.1, 0.15) is 36.0 Å². The summed E-state index contributed by atoms with van der Waals surface area (Å²) in [5, 5.41) is 0.850. The van der Waals surface area contributed by atoms with Gasteiger partial charge in [-0.25, -0.2) is 4.79 Å². The molecule has 0 unspecified atom stereocenters. The van der Waals surface area contributed by atoms with E-state index in [-0.39, 0.29) is 18.3 Å². The molecule has 0 fully saturated rings. The predicted octanol–water partition coefficient (Wildman–Crippen LogP) is 5.48. The second-order valence-corrected chi connectivity index (χ2v) is 7.15. The fraction of sp³-hybridized carbons (Fsp3) is 0.154. The van der Waals surface area contributed by atoms with Crippen LogP contribution in [0.4, 0.5) is 0 Å². The third kappa shape index (κ3) is 4.33. The fourth-order valence-corrected chi connectivity index (χ4v) is 3.70. The lowest BCUT2D eigenvalue weighted by Crippen LogP contribution is -2.14. The highest BCUT2D eigenvalue weighted by Gasteiger charge is 2.20. The van der Waals surface area contributed by atoms with E-state index < -0.39 is 5.63 Å². The molecule has 0 atom stereocenters. The highest BCUT2D eigenvalue weighted by atomic mass is 16.5. The van der Waals surface area contributed by atoms with Crippen molar-refractivity contribution in [1.82, 2.24) is 0 Å². The number of aryl methyl sites for hydroxylation is 1. The van der Waals surface area contributed by atoms with Crippen molar-refractivity contribution >= 4 is 16.9 Å². The highest BCUT2D eigenvalue weighted by molar-refractivity contribution is 5.83. The molecule has 30 heavy (non-hydrogen) atoms. The van der Waals surface area contributed by atoms with Crippen LogP contribution in [0, 0.1) is 0 Å². The van der Waals surface area contributed by atoms with Crippen LogP contribution in [0.3, 0.4) is 0 Å². The van der Waals surface area contributed by atoms with Crippen LogP contribution in [0.2, 0.25) is 0 Å². The maximum atomic E-state index is 12.8. The first-order valence-corrected chi connectivity index (χ1v) is 10.0. The van der Waals surface area contributed by atoms with Gasteiger partial charge in [0.25, 0.3) is 0 Å². The number of esters is 1. The van der Waals surface area contributed by atoms with Gasteiger partial charge in [-0.15, -0.1) is 0 Å². The van der Waals surface area contributed by atoms with Gasteiger partial charge in [-0.05, 0) is 35.2 Å². The third-order valence-corrected chi connectivity index (χ3v) is 5.19. The van der Waals surface area contributed by atoms with E-state index in [1.807, 2.05) is 73.7 Å². The van der Waals surface area contributed by atoms with Crippen LogP contribution in [0.25, 0.3) is 11.0 Å². The third-order valence-electron chi connectivity index (χ3n) is 5.19. The molecule has 0 amide bonds. The van der Waals surface area contributed by atoms with E-state index in [1.54, 1.807) is 12.1 Å². The molecule has 4 aromatic rings. The number of carbonyl (C=O) groups excluding carboxylic acids is 1. The van der Waals surface area contributed by atoms with Crippen LogP contribution < -0.4 is 10.4 Å². The molecule has 0 radical (unpaired) electrons. The zero-order valence-corrected chi connectivity index (χ0v) is 16.7. The van der Waals surface area contributed by atoms with Gasteiger partial charge >= 0.3 is 11.6 Å². The van der Waals surface area contributed by atoms with Gasteiger partial charge in [-0.1, -0.05) is 67.6 Å². The Labute approximate surface area is 174 Å². The molecule has 0 bridgehead atoms. The molecule has 0 saturated carbocycles. The van der Waals surface area contributed by atoms with E-state index in [9.17, 15) is 9.59 Å². The lowest BCUT2D eigenvalue weighted by Gasteiger charge is -2.17. The number of ether oxygens (including phenoxy) is 1. The Bertz CT molecular complexity index is 1170. The van der Waals surface area contributed by atoms with Gasteiger partial charge in [0, 0.05) is 23.4 Å². The van der Waals surface area contributed by atoms with Crippen molar-refractivity contribution in [2.45, 2.75) is 25.7 Å². The molecule has 0 aliphatic rings. The van der Waals surface area contributed by atoms with Gasteiger partial charge in [0.05, 0.1) is 6.42 Å². The average Bonchev–Trinajstić information content (AvgIpc) is 2.77. The van der Waals surface area contributed by atoms with Crippen LogP contribution in [-0.2, 0) is 11.2 Å². The molecular weight excluding hydrogens is 376 g/mol. The molecule has 150 valence electrons. The highest BCUT2D eigenvalue weighted by Crippen LogP contribution is 2.29. The predicted molar refractivity (Wildman–Crippen MR) is 117 cm³/mol. The van der Waals surface area contributed by atoms with E-state index >= 15 is 0 Å². The first-order chi connectivity index (χ1) is 14.6. The van der Waals surface area contributed by atoms with Crippen LogP contribution in [0.15, 0.2) is 94.1 Å². The zero-order chi connectivity index (χ0) is 20.9. The van der Waals surface area contributed by atoms with Crippen molar-refractivity contribution in [2.24, 2.45) is 0 Å². The summed E-state index contributed by atoms with van der Waals surface area (Å²) in [5.74, 6) is -0.0881. The number of rotatable bonds is 6. The molecule has 0 saturated heterocycles. The van der Waals surface area contributed by atoms with Crippen LogP contribution in [0.5, 0.6) is 5.75 Å². The Kier molecular flexibility index (Phi) is 5.75. The maximum Gasteiger partial charge on any atom is 0.336 e. The minimum atomic E-state index is -0.406. The molecule has 0 aliphatic carbocycles. The van der Waals surface area contributed by atoms with Crippen LogP contribution >= 0.6 is 0 Å². The topological polar surface area (TPSA) is 56.5 Å². The summed E-state index contributed by atoms with van der Waals surface area (Å²) < 4.78 is 10.9. The van der Waals surface area contributed by atoms with Gasteiger partial charge in [0.2, 0.25) is 0 Å². The van der Waals surface area contributed by atoms with Gasteiger partial charge in [-0.2, -0.15) is 0 Å². The molecule has 1 aromatic heterocycles.